The van der Waals surface area contributed by atoms with Crippen LogP contribution in [0.5, 0.6) is 0 Å². The van der Waals surface area contributed by atoms with Gasteiger partial charge < -0.3 is 19.2 Å². The van der Waals surface area contributed by atoms with Crippen molar-refractivity contribution in [3.63, 3.8) is 0 Å². The van der Waals surface area contributed by atoms with E-state index in [0.29, 0.717) is 25.4 Å². The highest BCUT2D eigenvalue weighted by molar-refractivity contribution is 7.18. The number of thiophene rings is 1. The van der Waals surface area contributed by atoms with E-state index < -0.39 is 0 Å². The Bertz CT molecular complexity index is 1060. The van der Waals surface area contributed by atoms with Gasteiger partial charge in [-0.05, 0) is 43.4 Å². The van der Waals surface area contributed by atoms with Crippen LogP contribution in [0.15, 0.2) is 27.6 Å². The first-order valence-electron chi connectivity index (χ1n) is 9.89. The van der Waals surface area contributed by atoms with Crippen LogP contribution in [0.3, 0.4) is 0 Å². The number of hydrogen-bond acceptors (Lipinski definition) is 5. The molecule has 0 aromatic carbocycles. The fourth-order valence-corrected chi connectivity index (χ4v) is 5.57. The molecule has 0 saturated carbocycles. The summed E-state index contributed by atoms with van der Waals surface area (Å²) in [6, 6.07) is 3.43. The van der Waals surface area contributed by atoms with Gasteiger partial charge in [-0.3, -0.25) is 9.59 Å². The predicted molar refractivity (Wildman–Crippen MR) is 106 cm³/mol. The molecule has 1 amide bonds. The molecule has 7 nitrogen and oxygen atoms in total. The van der Waals surface area contributed by atoms with Gasteiger partial charge in [-0.25, -0.2) is 4.98 Å². The van der Waals surface area contributed by atoms with Crippen molar-refractivity contribution in [1.82, 2.24) is 14.9 Å². The normalized spacial score (nSPS) is 17.8. The number of nitrogens with zero attached hydrogens (tertiary/aromatic N) is 2. The highest BCUT2D eigenvalue weighted by Crippen LogP contribution is 2.33. The Hall–Kier alpha value is -2.45. The molecule has 0 bridgehead atoms. The van der Waals surface area contributed by atoms with Crippen molar-refractivity contribution in [3.8, 4) is 0 Å². The van der Waals surface area contributed by atoms with Crippen molar-refractivity contribution < 1.29 is 14.1 Å². The van der Waals surface area contributed by atoms with Gasteiger partial charge in [-0.1, -0.05) is 0 Å². The number of quaternary nitrogens is 1. The Morgan fingerprint density at radius 3 is 2.89 bits per heavy atom. The van der Waals surface area contributed by atoms with Crippen molar-refractivity contribution >= 4 is 27.5 Å². The second kappa shape index (κ2) is 7.18. The molecule has 2 N–H and O–H groups in total. The fraction of sp³-hybridized carbons (Fsp3) is 0.450. The van der Waals surface area contributed by atoms with Crippen LogP contribution in [-0.4, -0.2) is 47.0 Å². The largest absolute Gasteiger partial charge is 0.459 e. The summed E-state index contributed by atoms with van der Waals surface area (Å²) < 4.78 is 5.21. The standard InChI is InChI=1S/C20H22N4O3S/c25-18-17-13-4-1-2-6-15(13)28-19(17)22-16(21-18)12-23-7-9-24(10-8-23)20(26)14-5-3-11-27-14/h3,5,11H,1-2,4,6-10,12H2,(H,21,22,25)/p+1. The zero-order valence-corrected chi connectivity index (χ0v) is 16.4. The Balaban J connectivity index is 1.29. The van der Waals surface area contributed by atoms with Gasteiger partial charge >= 0.3 is 0 Å². The average molecular weight is 399 g/mol. The Kier molecular flexibility index (Phi) is 4.52. The number of fused-ring (bicyclic) bond motifs is 3. The molecule has 1 fully saturated rings. The zero-order valence-electron chi connectivity index (χ0n) is 15.6. The van der Waals surface area contributed by atoms with Crippen LogP contribution in [0.4, 0.5) is 0 Å². The first kappa shape index (κ1) is 17.6. The summed E-state index contributed by atoms with van der Waals surface area (Å²) in [6.45, 7) is 3.68. The number of H-pyrrole nitrogens is 1. The highest BCUT2D eigenvalue weighted by Gasteiger charge is 2.27. The quantitative estimate of drug-likeness (QED) is 0.688. The van der Waals surface area contributed by atoms with Gasteiger partial charge in [0.05, 0.1) is 37.8 Å². The van der Waals surface area contributed by atoms with E-state index >= 15 is 0 Å². The highest BCUT2D eigenvalue weighted by atomic mass is 32.1. The number of rotatable bonds is 3. The Morgan fingerprint density at radius 1 is 1.29 bits per heavy atom. The number of furan rings is 1. The van der Waals surface area contributed by atoms with Crippen LogP contribution in [0.1, 0.15) is 39.7 Å². The van der Waals surface area contributed by atoms with Gasteiger partial charge in [0.25, 0.3) is 11.5 Å². The maximum absolute atomic E-state index is 12.7. The fourth-order valence-electron chi connectivity index (χ4n) is 4.29. The number of carbonyl (C=O) groups excluding carboxylic acids is 1. The van der Waals surface area contributed by atoms with Crippen LogP contribution in [0.25, 0.3) is 10.2 Å². The van der Waals surface area contributed by atoms with E-state index in [2.05, 4.69) is 4.98 Å². The summed E-state index contributed by atoms with van der Waals surface area (Å²) in [7, 11) is 0. The molecule has 0 unspecified atom stereocenters. The van der Waals surface area contributed by atoms with Crippen LogP contribution >= 0.6 is 11.3 Å². The summed E-state index contributed by atoms with van der Waals surface area (Å²) in [5, 5.41) is 0.812. The van der Waals surface area contributed by atoms with Gasteiger partial charge in [-0.15, -0.1) is 11.3 Å². The molecule has 8 heteroatoms. The molecular formula is C20H23N4O3S+. The van der Waals surface area contributed by atoms with Crippen LogP contribution in [-0.2, 0) is 19.4 Å². The van der Waals surface area contributed by atoms with E-state index in [9.17, 15) is 9.59 Å². The third kappa shape index (κ3) is 3.16. The SMILES string of the molecule is O=C(c1ccco1)N1CC[NH+](Cc2nc3sc4c(c3c(=O)[nH]2)CCCC4)CC1. The van der Waals surface area contributed by atoms with Crippen LogP contribution in [0.2, 0.25) is 0 Å². The van der Waals surface area contributed by atoms with E-state index in [4.69, 9.17) is 9.40 Å². The average Bonchev–Trinajstić information content (AvgIpc) is 3.36. The minimum atomic E-state index is -0.0545. The third-order valence-corrected chi connectivity index (χ3v) is 6.97. The number of amides is 1. The van der Waals surface area contributed by atoms with Gasteiger partial charge in [0.2, 0.25) is 0 Å². The third-order valence-electron chi connectivity index (χ3n) is 5.78. The zero-order chi connectivity index (χ0) is 19.1. The number of piperazine rings is 1. The first-order chi connectivity index (χ1) is 13.7. The Labute approximate surface area is 166 Å². The lowest BCUT2D eigenvalue weighted by Gasteiger charge is -2.31. The van der Waals surface area contributed by atoms with Gasteiger partial charge in [0.1, 0.15) is 11.4 Å². The molecule has 28 heavy (non-hydrogen) atoms. The van der Waals surface area contributed by atoms with E-state index in [0.717, 1.165) is 48.4 Å². The molecule has 0 atom stereocenters. The summed E-state index contributed by atoms with van der Waals surface area (Å²) >= 11 is 1.69. The smallest absolute Gasteiger partial charge is 0.289 e. The molecule has 0 spiro atoms. The minimum Gasteiger partial charge on any atom is -0.459 e. The van der Waals surface area contributed by atoms with E-state index in [-0.39, 0.29) is 11.5 Å². The molecule has 1 saturated heterocycles. The summed E-state index contributed by atoms with van der Waals surface area (Å²) in [6.07, 6.45) is 5.95. The summed E-state index contributed by atoms with van der Waals surface area (Å²) in [5.41, 5.74) is 1.23. The van der Waals surface area contributed by atoms with Crippen molar-refractivity contribution in [3.05, 3.63) is 50.8 Å². The lowest BCUT2D eigenvalue weighted by Crippen LogP contribution is -3.13. The lowest BCUT2D eigenvalue weighted by atomic mass is 9.97. The van der Waals surface area contributed by atoms with Crippen LogP contribution in [0, 0.1) is 0 Å². The predicted octanol–water partition coefficient (Wildman–Crippen LogP) is 0.997. The second-order valence-electron chi connectivity index (χ2n) is 7.60. The van der Waals surface area contributed by atoms with Crippen molar-refractivity contribution in [1.29, 1.82) is 0 Å². The van der Waals surface area contributed by atoms with Gasteiger partial charge in [0.15, 0.2) is 11.6 Å². The molecule has 146 valence electrons. The molecule has 1 aliphatic carbocycles. The van der Waals surface area contributed by atoms with Crippen molar-refractivity contribution in [2.45, 2.75) is 32.2 Å². The van der Waals surface area contributed by atoms with E-state index in [1.165, 1.54) is 28.0 Å². The van der Waals surface area contributed by atoms with Crippen molar-refractivity contribution in [2.75, 3.05) is 26.2 Å². The molecule has 1 aliphatic heterocycles. The summed E-state index contributed by atoms with van der Waals surface area (Å²) in [4.78, 5) is 38.2. The number of aromatic nitrogens is 2. The van der Waals surface area contributed by atoms with Crippen molar-refractivity contribution in [2.24, 2.45) is 0 Å². The van der Waals surface area contributed by atoms with E-state index in [1.807, 2.05) is 4.90 Å². The molecule has 4 heterocycles. The first-order valence-corrected chi connectivity index (χ1v) is 10.7. The number of aryl methyl sites for hydroxylation is 2. The molecule has 5 rings (SSSR count). The number of carbonyl (C=O) groups is 1. The van der Waals surface area contributed by atoms with Crippen LogP contribution < -0.4 is 10.5 Å². The molecule has 0 radical (unpaired) electrons. The minimum absolute atomic E-state index is 0.00503. The van der Waals surface area contributed by atoms with Gasteiger partial charge in [-0.2, -0.15) is 0 Å². The number of aromatic amines is 1. The number of nitrogens with one attached hydrogen (secondary N) is 2. The number of hydrogen-bond donors (Lipinski definition) is 2. The molecular weight excluding hydrogens is 376 g/mol. The maximum atomic E-state index is 12.7. The van der Waals surface area contributed by atoms with Gasteiger partial charge in [0, 0.05) is 4.88 Å². The Morgan fingerprint density at radius 2 is 2.11 bits per heavy atom. The lowest BCUT2D eigenvalue weighted by molar-refractivity contribution is -0.918. The second-order valence-corrected chi connectivity index (χ2v) is 8.68. The monoisotopic (exact) mass is 399 g/mol. The summed E-state index contributed by atoms with van der Waals surface area (Å²) in [5.74, 6) is 1.08. The molecule has 2 aliphatic rings. The van der Waals surface area contributed by atoms with E-state index in [1.54, 1.807) is 23.5 Å². The maximum Gasteiger partial charge on any atom is 0.289 e. The molecule has 3 aromatic heterocycles. The topological polar surface area (TPSA) is 83.6 Å². The molecule has 3 aromatic rings.